The molecule has 0 aliphatic carbocycles. The van der Waals surface area contributed by atoms with Crippen LogP contribution in [0.4, 0.5) is 26.3 Å². The van der Waals surface area contributed by atoms with Gasteiger partial charge < -0.3 is 14.2 Å². The van der Waals surface area contributed by atoms with Gasteiger partial charge in [0.2, 0.25) is 11.7 Å². The molecule has 0 N–H and O–H groups in total. The van der Waals surface area contributed by atoms with E-state index >= 15 is 0 Å². The van der Waals surface area contributed by atoms with E-state index in [1.54, 1.807) is 18.0 Å². The zero-order valence-electron chi connectivity index (χ0n) is 21.1. The molecule has 1 aromatic heterocycles. The molecule has 13 heteroatoms. The van der Waals surface area contributed by atoms with Crippen LogP contribution in [0.3, 0.4) is 0 Å². The molecule has 2 aromatic rings. The number of nitrogens with zero attached hydrogens (tertiary/aromatic N) is 4. The SMILES string of the molecule is C=CCN(C)C(CC(=O)N1CCn2c(C(F)(F)F)nc(C(=O)OC(C)C)c2C1)Cc1cc(F)c(F)cc1F. The molecular weight excluding hydrogens is 518 g/mol. The smallest absolute Gasteiger partial charge is 0.449 e. The van der Waals surface area contributed by atoms with Gasteiger partial charge in [0, 0.05) is 38.2 Å². The zero-order valence-corrected chi connectivity index (χ0v) is 21.1. The predicted molar refractivity (Wildman–Crippen MR) is 124 cm³/mol. The van der Waals surface area contributed by atoms with E-state index in [2.05, 4.69) is 11.6 Å². The van der Waals surface area contributed by atoms with Gasteiger partial charge >= 0.3 is 12.1 Å². The molecule has 1 atom stereocenters. The molecule has 0 bridgehead atoms. The Balaban J connectivity index is 1.87. The van der Waals surface area contributed by atoms with Gasteiger partial charge in [-0.25, -0.2) is 22.9 Å². The quantitative estimate of drug-likeness (QED) is 0.203. The Labute approximate surface area is 215 Å². The molecule has 1 aliphatic heterocycles. The third-order valence-electron chi connectivity index (χ3n) is 6.14. The lowest BCUT2D eigenvalue weighted by Crippen LogP contribution is -2.44. The number of benzene rings is 1. The van der Waals surface area contributed by atoms with Gasteiger partial charge in [-0.05, 0) is 38.9 Å². The average Bonchev–Trinajstić information content (AvgIpc) is 3.21. The molecule has 1 aliphatic rings. The molecule has 7 nitrogen and oxygen atoms in total. The standard InChI is InChI=1S/C25H28F6N4O3/c1-5-6-33(4)16(9-15-10-18(27)19(28)12-17(15)26)11-21(36)34-7-8-35-20(13-34)22(23(37)38-14(2)3)32-24(35)25(29,30)31/h5,10,12,14,16H,1,6-9,11,13H2,2-4H3. The number of aromatic nitrogens is 2. The van der Waals surface area contributed by atoms with Crippen molar-refractivity contribution in [2.45, 2.75) is 58.1 Å². The van der Waals surface area contributed by atoms with Crippen molar-refractivity contribution in [3.63, 3.8) is 0 Å². The summed E-state index contributed by atoms with van der Waals surface area (Å²) in [6, 6.07) is 0.482. The number of ether oxygens (including phenoxy) is 1. The maximum absolute atomic E-state index is 14.3. The average molecular weight is 547 g/mol. The van der Waals surface area contributed by atoms with Crippen LogP contribution in [0.15, 0.2) is 24.8 Å². The molecule has 2 heterocycles. The zero-order chi connectivity index (χ0) is 28.4. The first-order valence-corrected chi connectivity index (χ1v) is 11.8. The van der Waals surface area contributed by atoms with Crippen LogP contribution in [0, 0.1) is 17.5 Å². The van der Waals surface area contributed by atoms with Crippen molar-refractivity contribution in [3.8, 4) is 0 Å². The van der Waals surface area contributed by atoms with E-state index in [4.69, 9.17) is 4.74 Å². The second-order valence-electron chi connectivity index (χ2n) is 9.30. The second kappa shape index (κ2) is 11.6. The number of rotatable bonds is 9. The van der Waals surface area contributed by atoms with Crippen LogP contribution in [0.25, 0.3) is 0 Å². The Morgan fingerprint density at radius 2 is 1.82 bits per heavy atom. The monoisotopic (exact) mass is 546 g/mol. The lowest BCUT2D eigenvalue weighted by Gasteiger charge is -2.33. The van der Waals surface area contributed by atoms with Gasteiger partial charge in [-0.1, -0.05) is 6.08 Å². The summed E-state index contributed by atoms with van der Waals surface area (Å²) < 4.78 is 88.1. The first kappa shape index (κ1) is 29.2. The van der Waals surface area contributed by atoms with Crippen LogP contribution in [-0.2, 0) is 35.2 Å². The van der Waals surface area contributed by atoms with E-state index < -0.39 is 59.2 Å². The van der Waals surface area contributed by atoms with Crippen molar-refractivity contribution in [3.05, 3.63) is 65.0 Å². The Morgan fingerprint density at radius 1 is 1.16 bits per heavy atom. The highest BCUT2D eigenvalue weighted by molar-refractivity contribution is 5.89. The molecule has 0 radical (unpaired) electrons. The van der Waals surface area contributed by atoms with Gasteiger partial charge in [0.05, 0.1) is 18.3 Å². The minimum atomic E-state index is -4.83. The van der Waals surface area contributed by atoms with Gasteiger partial charge in [-0.2, -0.15) is 13.2 Å². The van der Waals surface area contributed by atoms with Crippen molar-refractivity contribution < 1.29 is 40.7 Å². The van der Waals surface area contributed by atoms with Gasteiger partial charge in [0.1, 0.15) is 5.82 Å². The normalized spacial score (nSPS) is 14.6. The van der Waals surface area contributed by atoms with Crippen molar-refractivity contribution in [1.29, 1.82) is 0 Å². The minimum absolute atomic E-state index is 0.0959. The summed E-state index contributed by atoms with van der Waals surface area (Å²) >= 11 is 0. The summed E-state index contributed by atoms with van der Waals surface area (Å²) in [6.45, 7) is 6.31. The van der Waals surface area contributed by atoms with E-state index in [0.717, 1.165) is 10.6 Å². The summed E-state index contributed by atoms with van der Waals surface area (Å²) in [5.74, 6) is -6.32. The highest BCUT2D eigenvalue weighted by atomic mass is 19.4. The Hall–Kier alpha value is -3.35. The number of amides is 1. The van der Waals surface area contributed by atoms with Crippen LogP contribution in [-0.4, -0.2) is 63.5 Å². The van der Waals surface area contributed by atoms with E-state index in [1.807, 2.05) is 0 Å². The molecule has 0 saturated carbocycles. The number of halogens is 6. The Bertz CT molecular complexity index is 1210. The van der Waals surface area contributed by atoms with E-state index in [9.17, 15) is 35.9 Å². The molecule has 1 unspecified atom stereocenters. The third kappa shape index (κ3) is 6.55. The van der Waals surface area contributed by atoms with Gasteiger partial charge in [-0.15, -0.1) is 6.58 Å². The first-order valence-electron chi connectivity index (χ1n) is 11.8. The molecule has 1 aromatic carbocycles. The molecule has 0 spiro atoms. The van der Waals surface area contributed by atoms with Crippen LogP contribution < -0.4 is 0 Å². The number of imidazole rings is 1. The highest BCUT2D eigenvalue weighted by Gasteiger charge is 2.42. The molecule has 1 amide bonds. The number of hydrogen-bond acceptors (Lipinski definition) is 5. The van der Waals surface area contributed by atoms with Gasteiger partial charge in [0.15, 0.2) is 17.3 Å². The summed E-state index contributed by atoms with van der Waals surface area (Å²) in [5, 5.41) is 0. The fraction of sp³-hybridized carbons (Fsp3) is 0.480. The van der Waals surface area contributed by atoms with Crippen LogP contribution in [0.2, 0.25) is 0 Å². The van der Waals surface area contributed by atoms with E-state index in [-0.39, 0.29) is 50.3 Å². The lowest BCUT2D eigenvalue weighted by molar-refractivity contribution is -0.148. The van der Waals surface area contributed by atoms with Crippen LogP contribution >= 0.6 is 0 Å². The molecular formula is C25H28F6N4O3. The molecule has 3 rings (SSSR count). The Kier molecular flexibility index (Phi) is 8.90. The number of alkyl halides is 3. The second-order valence-corrected chi connectivity index (χ2v) is 9.30. The van der Waals surface area contributed by atoms with Crippen molar-refractivity contribution in [2.24, 2.45) is 0 Å². The topological polar surface area (TPSA) is 67.7 Å². The number of esters is 1. The molecule has 0 saturated heterocycles. The van der Waals surface area contributed by atoms with Crippen molar-refractivity contribution >= 4 is 11.9 Å². The highest BCUT2D eigenvalue weighted by Crippen LogP contribution is 2.33. The van der Waals surface area contributed by atoms with E-state index in [1.165, 1.54) is 18.7 Å². The summed E-state index contributed by atoms with van der Waals surface area (Å²) in [4.78, 5) is 32.2. The maximum atomic E-state index is 14.3. The summed E-state index contributed by atoms with van der Waals surface area (Å²) in [6.07, 6.45) is -4.24. The minimum Gasteiger partial charge on any atom is -0.458 e. The fourth-order valence-electron chi connectivity index (χ4n) is 4.27. The Morgan fingerprint density at radius 3 is 2.42 bits per heavy atom. The molecule has 208 valence electrons. The maximum Gasteiger partial charge on any atom is 0.449 e. The number of likely N-dealkylation sites (N-methyl/N-ethyl adjacent to an activating group) is 1. The third-order valence-corrected chi connectivity index (χ3v) is 6.14. The lowest BCUT2D eigenvalue weighted by atomic mass is 10.00. The van der Waals surface area contributed by atoms with Gasteiger partial charge in [0.25, 0.3) is 0 Å². The fourth-order valence-corrected chi connectivity index (χ4v) is 4.27. The van der Waals surface area contributed by atoms with Crippen molar-refractivity contribution in [2.75, 3.05) is 20.1 Å². The van der Waals surface area contributed by atoms with Crippen molar-refractivity contribution in [1.82, 2.24) is 19.4 Å². The number of carbonyl (C=O) groups excluding carboxylic acids is 2. The van der Waals surface area contributed by atoms with E-state index in [0.29, 0.717) is 6.07 Å². The van der Waals surface area contributed by atoms with Crippen LogP contribution in [0.1, 0.15) is 47.8 Å². The first-order chi connectivity index (χ1) is 17.7. The summed E-state index contributed by atoms with van der Waals surface area (Å²) in [5.41, 5.74) is -0.763. The predicted octanol–water partition coefficient (Wildman–Crippen LogP) is 4.35. The van der Waals surface area contributed by atoms with Gasteiger partial charge in [-0.3, -0.25) is 9.69 Å². The number of carbonyl (C=O) groups is 2. The number of fused-ring (bicyclic) bond motifs is 1. The molecule has 0 fully saturated rings. The largest absolute Gasteiger partial charge is 0.458 e. The summed E-state index contributed by atoms with van der Waals surface area (Å²) in [7, 11) is 1.64. The molecule has 38 heavy (non-hydrogen) atoms. The van der Waals surface area contributed by atoms with Crippen LogP contribution in [0.5, 0.6) is 0 Å². The number of hydrogen-bond donors (Lipinski definition) is 0.